The third kappa shape index (κ3) is 2.51. The molecule has 2 heteroatoms. The molecule has 0 aliphatic heterocycles. The lowest BCUT2D eigenvalue weighted by Crippen LogP contribution is -2.06. The van der Waals surface area contributed by atoms with Crippen LogP contribution in [0.3, 0.4) is 0 Å². The first-order valence-corrected chi connectivity index (χ1v) is 5.75. The summed E-state index contributed by atoms with van der Waals surface area (Å²) >= 11 is 0. The maximum atomic E-state index is 5.81. The van der Waals surface area contributed by atoms with Gasteiger partial charge in [-0.3, -0.25) is 0 Å². The Balaban J connectivity index is 1.42. The highest BCUT2D eigenvalue weighted by molar-refractivity contribution is 5.22. The molecule has 2 aliphatic carbocycles. The maximum Gasteiger partial charge on any atom is 0.119 e. The standard InChI is InChI=1S/C13H16O2/c1-2-4-12(5-3-1)15-13-8-10(13)9-14-11-6-7-11/h1-5,10-11,13H,6-9H2. The molecule has 2 fully saturated rings. The molecular formula is C13H16O2. The van der Waals surface area contributed by atoms with Gasteiger partial charge < -0.3 is 9.47 Å². The first kappa shape index (κ1) is 9.22. The topological polar surface area (TPSA) is 18.5 Å². The second-order valence-electron chi connectivity index (χ2n) is 4.50. The molecule has 1 aromatic carbocycles. The van der Waals surface area contributed by atoms with Crippen molar-refractivity contribution in [1.82, 2.24) is 0 Å². The van der Waals surface area contributed by atoms with Crippen molar-refractivity contribution in [2.45, 2.75) is 31.5 Å². The SMILES string of the molecule is c1ccc(OC2CC2COC2CC2)cc1. The summed E-state index contributed by atoms with van der Waals surface area (Å²) in [5.74, 6) is 1.61. The number of hydrogen-bond donors (Lipinski definition) is 0. The average molecular weight is 204 g/mol. The Bertz CT molecular complexity index is 319. The molecule has 2 aliphatic rings. The highest BCUT2D eigenvalue weighted by Crippen LogP contribution is 2.36. The number of hydrogen-bond acceptors (Lipinski definition) is 2. The van der Waals surface area contributed by atoms with E-state index in [1.54, 1.807) is 0 Å². The van der Waals surface area contributed by atoms with Gasteiger partial charge >= 0.3 is 0 Å². The smallest absolute Gasteiger partial charge is 0.119 e. The van der Waals surface area contributed by atoms with Crippen LogP contribution in [-0.4, -0.2) is 18.8 Å². The van der Waals surface area contributed by atoms with Gasteiger partial charge in [-0.1, -0.05) is 18.2 Å². The molecule has 1 aromatic rings. The Morgan fingerprint density at radius 2 is 1.93 bits per heavy atom. The van der Waals surface area contributed by atoms with Crippen LogP contribution in [0.15, 0.2) is 30.3 Å². The Hall–Kier alpha value is -1.02. The molecule has 2 nitrogen and oxygen atoms in total. The Morgan fingerprint density at radius 1 is 1.13 bits per heavy atom. The maximum absolute atomic E-state index is 5.81. The fourth-order valence-electron chi connectivity index (χ4n) is 1.71. The lowest BCUT2D eigenvalue weighted by atomic mass is 10.3. The lowest BCUT2D eigenvalue weighted by molar-refractivity contribution is 0.0995. The van der Waals surface area contributed by atoms with Crippen LogP contribution in [0.25, 0.3) is 0 Å². The number of rotatable bonds is 5. The monoisotopic (exact) mass is 204 g/mol. The van der Waals surface area contributed by atoms with Gasteiger partial charge in [0.05, 0.1) is 12.7 Å². The van der Waals surface area contributed by atoms with Crippen molar-refractivity contribution in [3.8, 4) is 5.75 Å². The zero-order chi connectivity index (χ0) is 10.1. The first-order valence-electron chi connectivity index (χ1n) is 5.75. The van der Waals surface area contributed by atoms with Gasteiger partial charge in [0.2, 0.25) is 0 Å². The Labute approximate surface area is 90.2 Å². The van der Waals surface area contributed by atoms with E-state index >= 15 is 0 Å². The van der Waals surface area contributed by atoms with Crippen LogP contribution in [-0.2, 0) is 4.74 Å². The van der Waals surface area contributed by atoms with E-state index in [-0.39, 0.29) is 0 Å². The minimum Gasteiger partial charge on any atom is -0.490 e. The summed E-state index contributed by atoms with van der Waals surface area (Å²) in [6.45, 7) is 0.891. The van der Waals surface area contributed by atoms with Gasteiger partial charge in [0.1, 0.15) is 11.9 Å². The van der Waals surface area contributed by atoms with Gasteiger partial charge in [-0.15, -0.1) is 0 Å². The van der Waals surface area contributed by atoms with E-state index in [4.69, 9.17) is 9.47 Å². The molecule has 0 aromatic heterocycles. The van der Waals surface area contributed by atoms with E-state index in [2.05, 4.69) is 0 Å². The molecule has 0 bridgehead atoms. The predicted octanol–water partition coefficient (Wildman–Crippen LogP) is 2.63. The fraction of sp³-hybridized carbons (Fsp3) is 0.538. The van der Waals surface area contributed by atoms with E-state index in [1.165, 1.54) is 12.8 Å². The summed E-state index contributed by atoms with van der Waals surface area (Å²) in [6, 6.07) is 10.0. The van der Waals surface area contributed by atoms with Crippen LogP contribution in [0.2, 0.25) is 0 Å². The molecule has 0 amide bonds. The molecule has 2 atom stereocenters. The van der Waals surface area contributed by atoms with Crippen molar-refractivity contribution in [2.24, 2.45) is 5.92 Å². The Kier molecular flexibility index (Phi) is 2.37. The summed E-state index contributed by atoms with van der Waals surface area (Å²) < 4.78 is 11.5. The molecule has 3 rings (SSSR count). The van der Waals surface area contributed by atoms with Crippen molar-refractivity contribution < 1.29 is 9.47 Å². The van der Waals surface area contributed by atoms with Crippen LogP contribution in [0.5, 0.6) is 5.75 Å². The van der Waals surface area contributed by atoms with Crippen molar-refractivity contribution in [2.75, 3.05) is 6.61 Å². The third-order valence-corrected chi connectivity index (χ3v) is 2.96. The van der Waals surface area contributed by atoms with Gasteiger partial charge in [-0.05, 0) is 31.4 Å². The molecule has 2 saturated carbocycles. The van der Waals surface area contributed by atoms with Crippen molar-refractivity contribution >= 4 is 0 Å². The van der Waals surface area contributed by atoms with Gasteiger partial charge in [0.25, 0.3) is 0 Å². The minimum atomic E-state index is 0.395. The third-order valence-electron chi connectivity index (χ3n) is 2.96. The molecule has 2 unspecified atom stereocenters. The van der Waals surface area contributed by atoms with Gasteiger partial charge in [0.15, 0.2) is 0 Å². The van der Waals surface area contributed by atoms with Crippen LogP contribution in [0.1, 0.15) is 19.3 Å². The molecule has 0 heterocycles. The highest BCUT2D eigenvalue weighted by atomic mass is 16.5. The molecule has 80 valence electrons. The van der Waals surface area contributed by atoms with Crippen LogP contribution >= 0.6 is 0 Å². The molecular weight excluding hydrogens is 188 g/mol. The fourth-order valence-corrected chi connectivity index (χ4v) is 1.71. The summed E-state index contributed by atoms with van der Waals surface area (Å²) in [4.78, 5) is 0. The molecule has 0 radical (unpaired) electrons. The second-order valence-corrected chi connectivity index (χ2v) is 4.50. The zero-order valence-electron chi connectivity index (χ0n) is 8.76. The highest BCUT2D eigenvalue weighted by Gasteiger charge is 2.40. The molecule has 0 saturated heterocycles. The van der Waals surface area contributed by atoms with Gasteiger partial charge in [-0.25, -0.2) is 0 Å². The summed E-state index contributed by atoms with van der Waals surface area (Å²) in [5, 5.41) is 0. The van der Waals surface area contributed by atoms with E-state index in [0.717, 1.165) is 18.8 Å². The van der Waals surface area contributed by atoms with Crippen molar-refractivity contribution in [1.29, 1.82) is 0 Å². The summed E-state index contributed by atoms with van der Waals surface area (Å²) in [6.07, 6.45) is 4.64. The Morgan fingerprint density at radius 3 is 2.67 bits per heavy atom. The number of para-hydroxylation sites is 1. The van der Waals surface area contributed by atoms with Crippen molar-refractivity contribution in [3.05, 3.63) is 30.3 Å². The second kappa shape index (κ2) is 3.86. The average Bonchev–Trinajstić information content (AvgIpc) is 3.12. The van der Waals surface area contributed by atoms with E-state index in [1.807, 2.05) is 30.3 Å². The zero-order valence-corrected chi connectivity index (χ0v) is 8.76. The van der Waals surface area contributed by atoms with Crippen LogP contribution in [0.4, 0.5) is 0 Å². The number of ether oxygens (including phenoxy) is 2. The molecule has 0 spiro atoms. The summed E-state index contributed by atoms with van der Waals surface area (Å²) in [7, 11) is 0. The largest absolute Gasteiger partial charge is 0.490 e. The van der Waals surface area contributed by atoms with Crippen LogP contribution in [0, 0.1) is 5.92 Å². The molecule has 15 heavy (non-hydrogen) atoms. The lowest BCUT2D eigenvalue weighted by Gasteiger charge is -2.05. The quantitative estimate of drug-likeness (QED) is 0.734. The normalized spacial score (nSPS) is 28.8. The molecule has 0 N–H and O–H groups in total. The van der Waals surface area contributed by atoms with Crippen molar-refractivity contribution in [3.63, 3.8) is 0 Å². The van der Waals surface area contributed by atoms with Gasteiger partial charge in [0, 0.05) is 5.92 Å². The van der Waals surface area contributed by atoms with E-state index in [9.17, 15) is 0 Å². The van der Waals surface area contributed by atoms with Crippen LogP contribution < -0.4 is 4.74 Å². The van der Waals surface area contributed by atoms with E-state index in [0.29, 0.717) is 18.1 Å². The van der Waals surface area contributed by atoms with E-state index < -0.39 is 0 Å². The first-order chi connectivity index (χ1) is 7.42. The predicted molar refractivity (Wildman–Crippen MR) is 57.9 cm³/mol. The minimum absolute atomic E-state index is 0.395. The van der Waals surface area contributed by atoms with Gasteiger partial charge in [-0.2, -0.15) is 0 Å². The number of benzene rings is 1. The summed E-state index contributed by atoms with van der Waals surface area (Å²) in [5.41, 5.74) is 0.